The standard InChI is InChI=1S/C50H32O10S5/c51-29(52)17-64-49-37-25-7-5-23-21-3-1-19-20-2-4-22-24-6-8-26-28-10-9-27(25)39(49)40(28)50(65-18-30(53)54)38(26)36(24)48(63-16-13-60-57)34(22)32(20)46(61-14-11-58-55)31(19)33(21)47(35(23)37,62-15-12-59-56)42-41(46)43(48)45(50)44(42)49/h1-10,42,55-57H,11-18H2,(H,51,52)(H,53,54)/t42-,46+,47-,48+,49-,50+/m0/s1. The lowest BCUT2D eigenvalue weighted by atomic mass is 9.56. The highest BCUT2D eigenvalue weighted by molar-refractivity contribution is 8.02. The Labute approximate surface area is 391 Å². The molecule has 5 aromatic rings. The van der Waals surface area contributed by atoms with Crippen molar-refractivity contribution >= 4 is 70.7 Å². The van der Waals surface area contributed by atoms with Crippen molar-refractivity contribution in [1.29, 1.82) is 0 Å². The summed E-state index contributed by atoms with van der Waals surface area (Å²) in [5.41, 5.74) is 27.6. The van der Waals surface area contributed by atoms with E-state index in [1.807, 2.05) is 11.8 Å². The van der Waals surface area contributed by atoms with Gasteiger partial charge in [-0.2, -0.15) is 0 Å². The van der Waals surface area contributed by atoms with Crippen molar-refractivity contribution in [3.05, 3.63) is 139 Å². The van der Waals surface area contributed by atoms with Gasteiger partial charge < -0.3 is 10.2 Å². The Balaban J connectivity index is 1.22. The fraction of sp³-hybridized carbons (Fsp3) is 0.280. The van der Waals surface area contributed by atoms with E-state index >= 15 is 0 Å². The van der Waals surface area contributed by atoms with Crippen LogP contribution in [0.25, 0.3) is 55.6 Å². The predicted octanol–water partition coefficient (Wildman–Crippen LogP) is 9.70. The minimum Gasteiger partial charge on any atom is -0.481 e. The molecule has 15 heteroatoms. The number of benzene rings is 5. The van der Waals surface area contributed by atoms with E-state index in [1.54, 1.807) is 23.5 Å². The lowest BCUT2D eigenvalue weighted by Crippen LogP contribution is -2.53. The van der Waals surface area contributed by atoms with Crippen LogP contribution < -0.4 is 0 Å². The molecule has 11 aliphatic carbocycles. The summed E-state index contributed by atoms with van der Waals surface area (Å²) in [5, 5.41) is 51.7. The molecule has 0 saturated heterocycles. The summed E-state index contributed by atoms with van der Waals surface area (Å²) < 4.78 is -4.30. The van der Waals surface area contributed by atoms with Crippen LogP contribution in [0.3, 0.4) is 0 Å². The van der Waals surface area contributed by atoms with Crippen LogP contribution in [-0.2, 0) is 48.0 Å². The van der Waals surface area contributed by atoms with Crippen molar-refractivity contribution in [3.63, 3.8) is 0 Å². The summed E-state index contributed by atoms with van der Waals surface area (Å²) in [6.07, 6.45) is 0. The highest BCUT2D eigenvalue weighted by atomic mass is 32.2. The number of fused-ring (bicyclic) bond motifs is 5. The number of hydrogen-bond acceptors (Lipinski definition) is 13. The first-order valence-corrected chi connectivity index (χ1v) is 26.5. The quantitative estimate of drug-likeness (QED) is 0.0314. The van der Waals surface area contributed by atoms with Gasteiger partial charge in [0, 0.05) is 23.2 Å². The highest BCUT2D eigenvalue weighted by Gasteiger charge is 2.82. The maximum atomic E-state index is 13.2. The van der Waals surface area contributed by atoms with E-state index in [4.69, 9.17) is 14.7 Å². The van der Waals surface area contributed by atoms with Crippen molar-refractivity contribution < 1.29 is 50.2 Å². The number of rotatable bonds is 18. The lowest BCUT2D eigenvalue weighted by molar-refractivity contribution is -0.236. The van der Waals surface area contributed by atoms with Crippen LogP contribution in [0.5, 0.6) is 0 Å². The van der Waals surface area contributed by atoms with Gasteiger partial charge in [-0.3, -0.25) is 25.4 Å². The van der Waals surface area contributed by atoms with Crippen LogP contribution in [0.2, 0.25) is 0 Å². The third-order valence-electron chi connectivity index (χ3n) is 16.6. The monoisotopic (exact) mass is 952 g/mol. The number of thioether (sulfide) groups is 5. The molecule has 5 aromatic carbocycles. The highest BCUT2D eigenvalue weighted by Crippen LogP contribution is 2.92. The van der Waals surface area contributed by atoms with Gasteiger partial charge in [0.15, 0.2) is 0 Å². The molecule has 0 spiro atoms. The maximum absolute atomic E-state index is 13.2. The molecule has 0 saturated carbocycles. The van der Waals surface area contributed by atoms with Gasteiger partial charge in [0.25, 0.3) is 0 Å². The fourth-order valence-corrected chi connectivity index (χ4v) is 23.2. The minimum atomic E-state index is -0.973. The van der Waals surface area contributed by atoms with Gasteiger partial charge in [0.1, 0.15) is 0 Å². The van der Waals surface area contributed by atoms with E-state index in [0.717, 1.165) is 89.0 Å². The Hall–Kier alpha value is -3.97. The molecule has 0 radical (unpaired) electrons. The lowest BCUT2D eigenvalue weighted by Gasteiger charge is -2.59. The molecule has 10 nitrogen and oxygen atoms in total. The SMILES string of the molecule is O=C(O)CS[C@]12C3=C4[C@@H]5C6=C3[C@]3(SCCOO)c7c8ccc(c71)-c1ccc7c(c12)[C@@]4(SCC(=O)O)c1c-7ccc2c1[C@@]5(SCCOO)c1c-2ccc2c1[C@@]6(SCCOO)c1c-2ccc-8c13. The number of aliphatic carboxylic acids is 2. The fourth-order valence-electron chi connectivity index (χ4n) is 15.7. The molecule has 11 aliphatic rings. The van der Waals surface area contributed by atoms with Crippen LogP contribution >= 0.6 is 58.8 Å². The van der Waals surface area contributed by atoms with Crippen molar-refractivity contribution in [2.24, 2.45) is 5.92 Å². The third kappa shape index (κ3) is 3.48. The Bertz CT molecular complexity index is 3400. The van der Waals surface area contributed by atoms with E-state index in [0.29, 0.717) is 17.3 Å². The molecule has 0 aliphatic heterocycles. The zero-order valence-corrected chi connectivity index (χ0v) is 37.9. The van der Waals surface area contributed by atoms with Crippen LogP contribution in [0.4, 0.5) is 0 Å². The predicted molar refractivity (Wildman–Crippen MR) is 252 cm³/mol. The molecule has 0 fully saturated rings. The second kappa shape index (κ2) is 11.8. The number of carboxylic acids is 2. The van der Waals surface area contributed by atoms with Crippen LogP contribution in [-0.4, -0.2) is 86.5 Å². The van der Waals surface area contributed by atoms with Gasteiger partial charge in [0.2, 0.25) is 0 Å². The Morgan fingerprint density at radius 1 is 0.415 bits per heavy atom. The van der Waals surface area contributed by atoms with Gasteiger partial charge in [-0.1, -0.05) is 60.7 Å². The number of carbonyl (C=O) groups is 2. The normalized spacial score (nSPS) is 29.2. The zero-order chi connectivity index (χ0) is 43.5. The first-order chi connectivity index (χ1) is 31.8. The molecule has 6 atom stereocenters. The van der Waals surface area contributed by atoms with E-state index in [1.165, 1.54) is 68.1 Å². The average Bonchev–Trinajstić information content (AvgIpc) is 4.11. The van der Waals surface area contributed by atoms with Crippen LogP contribution in [0, 0.1) is 5.92 Å². The summed E-state index contributed by atoms with van der Waals surface area (Å²) in [7, 11) is 0. The average molecular weight is 953 g/mol. The molecule has 0 aromatic heterocycles. The smallest absolute Gasteiger partial charge is 0.313 e. The van der Waals surface area contributed by atoms with Gasteiger partial charge >= 0.3 is 11.9 Å². The summed E-state index contributed by atoms with van der Waals surface area (Å²) in [6, 6.07) is 22.8. The van der Waals surface area contributed by atoms with E-state index < -0.39 is 35.7 Å². The molecule has 0 unspecified atom stereocenters. The van der Waals surface area contributed by atoms with Crippen molar-refractivity contribution in [2.75, 3.05) is 48.6 Å². The van der Waals surface area contributed by atoms with E-state index in [-0.39, 0.29) is 37.2 Å². The first kappa shape index (κ1) is 38.0. The molecule has 0 bridgehead atoms. The van der Waals surface area contributed by atoms with Crippen molar-refractivity contribution in [1.82, 2.24) is 0 Å². The van der Waals surface area contributed by atoms with Crippen molar-refractivity contribution in [3.8, 4) is 55.6 Å². The van der Waals surface area contributed by atoms with Gasteiger partial charge in [-0.15, -0.1) is 58.8 Å². The molecule has 16 rings (SSSR count). The van der Waals surface area contributed by atoms with Gasteiger partial charge in [-0.25, -0.2) is 14.7 Å². The first-order valence-electron chi connectivity index (χ1n) is 21.6. The second-order valence-electron chi connectivity index (χ2n) is 18.4. The molecule has 5 N–H and O–H groups in total. The summed E-state index contributed by atoms with van der Waals surface area (Å²) >= 11 is 8.41. The molecule has 322 valence electrons. The Kier molecular flexibility index (Phi) is 6.92. The summed E-state index contributed by atoms with van der Waals surface area (Å²) in [5.74, 6) is -1.10. The molecule has 0 heterocycles. The third-order valence-corrected chi connectivity index (χ3v) is 23.8. The Morgan fingerprint density at radius 2 is 0.692 bits per heavy atom. The largest absolute Gasteiger partial charge is 0.481 e. The minimum absolute atomic E-state index is 0.0880. The van der Waals surface area contributed by atoms with Crippen molar-refractivity contribution in [2.45, 2.75) is 23.7 Å². The summed E-state index contributed by atoms with van der Waals surface area (Å²) in [4.78, 5) is 41.2. The Morgan fingerprint density at radius 3 is 1.06 bits per heavy atom. The maximum Gasteiger partial charge on any atom is 0.313 e. The van der Waals surface area contributed by atoms with Gasteiger partial charge in [0.05, 0.1) is 55.1 Å². The van der Waals surface area contributed by atoms with E-state index in [2.05, 4.69) is 60.7 Å². The molecule has 65 heavy (non-hydrogen) atoms. The number of carboxylic acid groups (broad SMARTS) is 2. The molecular formula is C50H32O10S5. The molecular weight excluding hydrogens is 921 g/mol. The van der Waals surface area contributed by atoms with E-state index in [9.17, 15) is 35.6 Å². The second-order valence-corrected chi connectivity index (χ2v) is 24.8. The molecule has 0 amide bonds. The zero-order valence-electron chi connectivity index (χ0n) is 33.8. The summed E-state index contributed by atoms with van der Waals surface area (Å²) in [6.45, 7) is 0.279. The van der Waals surface area contributed by atoms with Crippen LogP contribution in [0.1, 0.15) is 55.6 Å². The number of hydrogen-bond donors (Lipinski definition) is 5. The topological polar surface area (TPSA) is 163 Å². The van der Waals surface area contributed by atoms with Gasteiger partial charge in [-0.05, 0) is 134 Å². The van der Waals surface area contributed by atoms with Crippen LogP contribution in [0.15, 0.2) is 83.0 Å².